The first-order valence-corrected chi connectivity index (χ1v) is 17.1. The smallest absolute Gasteiger partial charge is 0.316 e. The molecule has 0 amide bonds. The van der Waals surface area contributed by atoms with E-state index in [2.05, 4.69) is 39.7 Å². The Hall–Kier alpha value is 0.884. The lowest BCUT2D eigenvalue weighted by atomic mass is 11.0. The largest absolute Gasteiger partial charge is 0.420 e. The molecule has 0 saturated carbocycles. The number of rotatable bonds is 1. The first-order chi connectivity index (χ1) is 7.84. The molecule has 102 valence electrons. The average molecular weight is 329 g/mol. The summed E-state index contributed by atoms with van der Waals surface area (Å²) in [6.45, 7) is 12.5. The molecule has 1 heterocycles. The maximum Gasteiger partial charge on any atom is 0.316 e. The Kier molecular flexibility index (Phi) is 6.45. The summed E-state index contributed by atoms with van der Waals surface area (Å²) in [6, 6.07) is 0.946. The van der Waals surface area contributed by atoms with Crippen LogP contribution in [0.25, 0.3) is 0 Å². The fraction of sp³-hybridized carbons (Fsp3) is 1.00. The topological polar surface area (TPSA) is 46.2 Å². The molecule has 4 unspecified atom stereocenters. The molecule has 1 aliphatic heterocycles. The second kappa shape index (κ2) is 6.88. The van der Waals surface area contributed by atoms with Crippen molar-refractivity contribution in [2.75, 3.05) is 0 Å². The van der Waals surface area contributed by atoms with Gasteiger partial charge in [0.15, 0.2) is 0 Å². The standard InChI is InChI=1S/C7H24O5Si5/c1-7-17(6)11-15(4)9-13(2)8-14(3)10-16(5)12-17/h13-16H,7H2,1-6H3. The summed E-state index contributed by atoms with van der Waals surface area (Å²) in [5, 5.41) is 0. The van der Waals surface area contributed by atoms with Crippen LogP contribution in [0.2, 0.25) is 38.8 Å². The van der Waals surface area contributed by atoms with Gasteiger partial charge in [0, 0.05) is 0 Å². The molecule has 17 heavy (non-hydrogen) atoms. The Bertz CT molecular complexity index is 227. The van der Waals surface area contributed by atoms with Gasteiger partial charge in [-0.05, 0) is 38.8 Å². The van der Waals surface area contributed by atoms with Crippen LogP contribution < -0.4 is 0 Å². The van der Waals surface area contributed by atoms with Gasteiger partial charge in [0.2, 0.25) is 0 Å². The van der Waals surface area contributed by atoms with Gasteiger partial charge in [-0.1, -0.05) is 6.92 Å². The van der Waals surface area contributed by atoms with Crippen molar-refractivity contribution in [1.82, 2.24) is 0 Å². The van der Waals surface area contributed by atoms with Crippen LogP contribution in [0.4, 0.5) is 0 Å². The zero-order valence-electron chi connectivity index (χ0n) is 11.6. The maximum absolute atomic E-state index is 6.10. The molecule has 0 spiro atoms. The SMILES string of the molecule is CC[Si]1(C)O[SiH](C)O[SiH](C)O[SiH](C)O[SiH](C)O1. The van der Waals surface area contributed by atoms with Gasteiger partial charge in [0.25, 0.3) is 37.1 Å². The summed E-state index contributed by atoms with van der Waals surface area (Å²) in [5.41, 5.74) is 0. The summed E-state index contributed by atoms with van der Waals surface area (Å²) >= 11 is 0. The monoisotopic (exact) mass is 328 g/mol. The third-order valence-corrected chi connectivity index (χ3v) is 19.7. The zero-order valence-corrected chi connectivity index (χ0v) is 17.2. The van der Waals surface area contributed by atoms with Crippen molar-refractivity contribution in [3.05, 3.63) is 0 Å². The fourth-order valence-electron chi connectivity index (χ4n) is 1.83. The van der Waals surface area contributed by atoms with Crippen LogP contribution in [0.3, 0.4) is 0 Å². The summed E-state index contributed by atoms with van der Waals surface area (Å²) < 4.78 is 29.8. The molecule has 0 radical (unpaired) electrons. The van der Waals surface area contributed by atoms with E-state index < -0.39 is 45.7 Å². The molecule has 0 aromatic carbocycles. The molecule has 1 aliphatic rings. The molecule has 0 aromatic rings. The van der Waals surface area contributed by atoms with Crippen LogP contribution in [-0.4, -0.2) is 45.7 Å². The molecule has 1 rings (SSSR count). The number of hydrogen-bond acceptors (Lipinski definition) is 5. The summed E-state index contributed by atoms with van der Waals surface area (Å²) in [7, 11) is -8.43. The van der Waals surface area contributed by atoms with Crippen molar-refractivity contribution in [3.8, 4) is 0 Å². The second-order valence-corrected chi connectivity index (χ2v) is 17.1. The van der Waals surface area contributed by atoms with Gasteiger partial charge in [0.1, 0.15) is 0 Å². The van der Waals surface area contributed by atoms with Crippen molar-refractivity contribution in [1.29, 1.82) is 0 Å². The van der Waals surface area contributed by atoms with E-state index in [0.29, 0.717) is 0 Å². The van der Waals surface area contributed by atoms with Crippen molar-refractivity contribution < 1.29 is 20.6 Å². The zero-order chi connectivity index (χ0) is 13.1. The van der Waals surface area contributed by atoms with Gasteiger partial charge in [-0.25, -0.2) is 0 Å². The van der Waals surface area contributed by atoms with Gasteiger partial charge < -0.3 is 20.6 Å². The highest BCUT2D eigenvalue weighted by Gasteiger charge is 2.36. The first kappa shape index (κ1) is 15.9. The molecular weight excluding hydrogens is 305 g/mol. The lowest BCUT2D eigenvalue weighted by Gasteiger charge is -2.35. The molecule has 1 fully saturated rings. The Morgan fingerprint density at radius 2 is 1.12 bits per heavy atom. The van der Waals surface area contributed by atoms with Crippen LogP contribution in [0, 0.1) is 0 Å². The van der Waals surface area contributed by atoms with E-state index >= 15 is 0 Å². The normalized spacial score (nSPS) is 45.5. The van der Waals surface area contributed by atoms with E-state index in [1.807, 2.05) is 0 Å². The minimum absolute atomic E-state index is 0.946. The molecule has 0 aromatic heterocycles. The van der Waals surface area contributed by atoms with Gasteiger partial charge in [0.05, 0.1) is 0 Å². The minimum atomic E-state index is -2.07. The van der Waals surface area contributed by atoms with Crippen LogP contribution in [0.1, 0.15) is 6.92 Å². The first-order valence-electron chi connectivity index (χ1n) is 6.16. The molecule has 1 saturated heterocycles. The van der Waals surface area contributed by atoms with Crippen molar-refractivity contribution >= 4 is 45.7 Å². The Labute approximate surface area is 112 Å². The molecular formula is C7H24O5Si5. The highest BCUT2D eigenvalue weighted by atomic mass is 28.5. The van der Waals surface area contributed by atoms with Gasteiger partial charge >= 0.3 is 8.56 Å². The lowest BCUT2D eigenvalue weighted by Crippen LogP contribution is -2.51. The minimum Gasteiger partial charge on any atom is -0.420 e. The third kappa shape index (κ3) is 5.58. The van der Waals surface area contributed by atoms with Crippen LogP contribution in [0.15, 0.2) is 0 Å². The average Bonchev–Trinajstić information content (AvgIpc) is 2.14. The predicted molar refractivity (Wildman–Crippen MR) is 79.6 cm³/mol. The molecule has 0 bridgehead atoms. The highest BCUT2D eigenvalue weighted by molar-refractivity contribution is 6.80. The van der Waals surface area contributed by atoms with Gasteiger partial charge in [-0.15, -0.1) is 0 Å². The fourth-order valence-corrected chi connectivity index (χ4v) is 19.1. The summed E-state index contributed by atoms with van der Waals surface area (Å²) in [5.74, 6) is 0. The quantitative estimate of drug-likeness (QED) is 0.659. The Morgan fingerprint density at radius 3 is 1.47 bits per heavy atom. The molecule has 10 heteroatoms. The Morgan fingerprint density at radius 1 is 0.765 bits per heavy atom. The maximum atomic E-state index is 6.10. The molecule has 0 N–H and O–H groups in total. The molecule has 5 nitrogen and oxygen atoms in total. The van der Waals surface area contributed by atoms with E-state index in [0.717, 1.165) is 6.04 Å². The third-order valence-electron chi connectivity index (χ3n) is 2.62. The summed E-state index contributed by atoms with van der Waals surface area (Å²) in [4.78, 5) is 0. The van der Waals surface area contributed by atoms with Crippen molar-refractivity contribution in [3.63, 3.8) is 0 Å². The van der Waals surface area contributed by atoms with Crippen LogP contribution in [-0.2, 0) is 20.6 Å². The highest BCUT2D eigenvalue weighted by Crippen LogP contribution is 2.18. The molecule has 0 aliphatic carbocycles. The van der Waals surface area contributed by atoms with Crippen molar-refractivity contribution in [2.24, 2.45) is 0 Å². The molecule has 4 atom stereocenters. The predicted octanol–water partition coefficient (Wildman–Crippen LogP) is 0.576. The second-order valence-electron chi connectivity index (χ2n) is 4.40. The lowest BCUT2D eigenvalue weighted by molar-refractivity contribution is 0.279. The van der Waals surface area contributed by atoms with Crippen LogP contribution in [0.5, 0.6) is 0 Å². The van der Waals surface area contributed by atoms with Gasteiger partial charge in [-0.2, -0.15) is 0 Å². The van der Waals surface area contributed by atoms with E-state index in [9.17, 15) is 0 Å². The Balaban J connectivity index is 2.74. The van der Waals surface area contributed by atoms with E-state index in [1.165, 1.54) is 0 Å². The number of hydrogen-bond donors (Lipinski definition) is 0. The van der Waals surface area contributed by atoms with E-state index in [-0.39, 0.29) is 0 Å². The summed E-state index contributed by atoms with van der Waals surface area (Å²) in [6.07, 6.45) is 0. The van der Waals surface area contributed by atoms with Crippen LogP contribution >= 0.6 is 0 Å². The van der Waals surface area contributed by atoms with Gasteiger partial charge in [-0.3, -0.25) is 0 Å². The van der Waals surface area contributed by atoms with E-state index in [4.69, 9.17) is 20.6 Å². The van der Waals surface area contributed by atoms with E-state index in [1.54, 1.807) is 0 Å². The van der Waals surface area contributed by atoms with Crippen molar-refractivity contribution in [2.45, 2.75) is 45.7 Å².